The number of benzene rings is 1. The van der Waals surface area contributed by atoms with E-state index in [9.17, 15) is 13.2 Å². The first-order valence-electron chi connectivity index (χ1n) is 8.32. The molecular formula is C19H21NO5S. The Morgan fingerprint density at radius 1 is 1.35 bits per heavy atom. The smallest absolute Gasteiger partial charge is 0.247 e. The number of sulfone groups is 1. The van der Waals surface area contributed by atoms with Crippen molar-refractivity contribution in [2.24, 2.45) is 0 Å². The number of ether oxygens (including phenoxy) is 1. The summed E-state index contributed by atoms with van der Waals surface area (Å²) in [5.41, 5.74) is 0.883. The van der Waals surface area contributed by atoms with Gasteiger partial charge in [-0.3, -0.25) is 4.79 Å². The summed E-state index contributed by atoms with van der Waals surface area (Å²) >= 11 is 0. The molecule has 1 aliphatic heterocycles. The molecule has 0 radical (unpaired) electrons. The highest BCUT2D eigenvalue weighted by Crippen LogP contribution is 2.22. The van der Waals surface area contributed by atoms with Crippen LogP contribution in [0.4, 0.5) is 0 Å². The lowest BCUT2D eigenvalue weighted by Crippen LogP contribution is -2.39. The average Bonchev–Trinajstić information content (AvgIpc) is 3.27. The molecule has 138 valence electrons. The molecule has 6 nitrogen and oxygen atoms in total. The summed E-state index contributed by atoms with van der Waals surface area (Å²) < 4.78 is 34.2. The van der Waals surface area contributed by atoms with Crippen LogP contribution in [-0.4, -0.2) is 43.9 Å². The van der Waals surface area contributed by atoms with E-state index in [1.165, 1.54) is 12.3 Å². The van der Waals surface area contributed by atoms with Gasteiger partial charge in [0.15, 0.2) is 9.84 Å². The monoisotopic (exact) mass is 375 g/mol. The Balaban J connectivity index is 1.82. The van der Waals surface area contributed by atoms with Gasteiger partial charge in [0.05, 0.1) is 24.9 Å². The van der Waals surface area contributed by atoms with Crippen LogP contribution in [0.15, 0.2) is 53.2 Å². The average molecular weight is 375 g/mol. The molecule has 0 bridgehead atoms. The summed E-state index contributed by atoms with van der Waals surface area (Å²) in [5.74, 6) is 1.13. The third-order valence-corrected chi connectivity index (χ3v) is 6.10. The minimum Gasteiger partial charge on any atom is -0.497 e. The van der Waals surface area contributed by atoms with Crippen molar-refractivity contribution in [3.05, 3.63) is 60.1 Å². The molecule has 0 N–H and O–H groups in total. The van der Waals surface area contributed by atoms with Crippen molar-refractivity contribution in [1.82, 2.24) is 4.90 Å². The Hall–Kier alpha value is -2.54. The minimum atomic E-state index is -3.10. The van der Waals surface area contributed by atoms with Gasteiger partial charge in [-0.05, 0) is 42.3 Å². The van der Waals surface area contributed by atoms with Gasteiger partial charge in [0.2, 0.25) is 5.91 Å². The lowest BCUT2D eigenvalue weighted by atomic mass is 10.1. The highest BCUT2D eigenvalue weighted by molar-refractivity contribution is 7.91. The molecule has 1 amide bonds. The normalized spacial score (nSPS) is 18.9. The Morgan fingerprint density at radius 2 is 2.19 bits per heavy atom. The molecule has 0 aliphatic carbocycles. The molecule has 1 saturated heterocycles. The van der Waals surface area contributed by atoms with E-state index in [-0.39, 0.29) is 23.5 Å². The number of hydrogen-bond acceptors (Lipinski definition) is 5. The molecule has 2 heterocycles. The van der Waals surface area contributed by atoms with Crippen LogP contribution in [0.5, 0.6) is 5.75 Å². The molecule has 0 spiro atoms. The molecule has 1 aromatic heterocycles. The third-order valence-electron chi connectivity index (χ3n) is 4.35. The number of furan rings is 1. The van der Waals surface area contributed by atoms with Gasteiger partial charge in [0.25, 0.3) is 0 Å². The van der Waals surface area contributed by atoms with Gasteiger partial charge in [-0.1, -0.05) is 12.1 Å². The number of nitrogens with zero attached hydrogens (tertiary/aromatic N) is 1. The summed E-state index contributed by atoms with van der Waals surface area (Å²) in [4.78, 5) is 14.4. The SMILES string of the molecule is COc1cccc(CN(C(=O)/C=C/c2ccco2)[C@H]2CCS(=O)(=O)C2)c1. The van der Waals surface area contributed by atoms with Crippen LogP contribution >= 0.6 is 0 Å². The number of carbonyl (C=O) groups excluding carboxylic acids is 1. The van der Waals surface area contributed by atoms with E-state index in [1.807, 2.05) is 24.3 Å². The number of rotatable bonds is 6. The van der Waals surface area contributed by atoms with E-state index >= 15 is 0 Å². The standard InChI is InChI=1S/C19H21NO5S/c1-24-18-5-2-4-15(12-18)13-20(16-9-11-26(22,23)14-16)19(21)8-7-17-6-3-10-25-17/h2-8,10,12,16H,9,11,13-14H2,1H3/b8-7+/t16-/m0/s1. The van der Waals surface area contributed by atoms with E-state index in [0.717, 1.165) is 5.56 Å². The van der Waals surface area contributed by atoms with Gasteiger partial charge in [0, 0.05) is 18.7 Å². The van der Waals surface area contributed by atoms with Gasteiger partial charge in [-0.15, -0.1) is 0 Å². The van der Waals surface area contributed by atoms with E-state index < -0.39 is 9.84 Å². The van der Waals surface area contributed by atoms with E-state index in [2.05, 4.69) is 0 Å². The van der Waals surface area contributed by atoms with Gasteiger partial charge < -0.3 is 14.1 Å². The van der Waals surface area contributed by atoms with Crippen LogP contribution in [-0.2, 0) is 21.2 Å². The predicted molar refractivity (Wildman–Crippen MR) is 98.3 cm³/mol. The summed E-state index contributed by atoms with van der Waals surface area (Å²) in [6.45, 7) is 0.318. The van der Waals surface area contributed by atoms with Crippen molar-refractivity contribution in [1.29, 1.82) is 0 Å². The number of methoxy groups -OCH3 is 1. The van der Waals surface area contributed by atoms with E-state index in [1.54, 1.807) is 30.2 Å². The molecule has 0 unspecified atom stereocenters. The molecule has 1 aromatic carbocycles. The Morgan fingerprint density at radius 3 is 2.85 bits per heavy atom. The van der Waals surface area contributed by atoms with Crippen LogP contribution < -0.4 is 4.74 Å². The van der Waals surface area contributed by atoms with Crippen LogP contribution in [0.1, 0.15) is 17.7 Å². The summed E-state index contributed by atoms with van der Waals surface area (Å²) in [6.07, 6.45) is 4.99. The van der Waals surface area contributed by atoms with Gasteiger partial charge in [0.1, 0.15) is 11.5 Å². The van der Waals surface area contributed by atoms with Crippen LogP contribution in [0, 0.1) is 0 Å². The highest BCUT2D eigenvalue weighted by atomic mass is 32.2. The molecule has 1 aliphatic rings. The van der Waals surface area contributed by atoms with Crippen molar-refractivity contribution in [2.75, 3.05) is 18.6 Å². The van der Waals surface area contributed by atoms with Crippen LogP contribution in [0.3, 0.4) is 0 Å². The first-order chi connectivity index (χ1) is 12.5. The fourth-order valence-electron chi connectivity index (χ4n) is 3.01. The third kappa shape index (κ3) is 4.54. The lowest BCUT2D eigenvalue weighted by Gasteiger charge is -2.27. The molecule has 0 saturated carbocycles. The predicted octanol–water partition coefficient (Wildman–Crippen LogP) is 2.52. The van der Waals surface area contributed by atoms with Crippen molar-refractivity contribution in [3.8, 4) is 5.75 Å². The zero-order valence-electron chi connectivity index (χ0n) is 14.5. The van der Waals surface area contributed by atoms with E-state index in [0.29, 0.717) is 24.5 Å². The van der Waals surface area contributed by atoms with Gasteiger partial charge >= 0.3 is 0 Å². The minimum absolute atomic E-state index is 0.00268. The lowest BCUT2D eigenvalue weighted by molar-refractivity contribution is -0.128. The quantitative estimate of drug-likeness (QED) is 0.725. The zero-order valence-corrected chi connectivity index (χ0v) is 15.3. The first-order valence-corrected chi connectivity index (χ1v) is 10.1. The fraction of sp³-hybridized carbons (Fsp3) is 0.316. The maximum Gasteiger partial charge on any atom is 0.247 e. The maximum absolute atomic E-state index is 12.8. The molecule has 3 rings (SSSR count). The Labute approximate surface area is 153 Å². The molecular weight excluding hydrogens is 354 g/mol. The highest BCUT2D eigenvalue weighted by Gasteiger charge is 2.34. The van der Waals surface area contributed by atoms with Crippen molar-refractivity contribution >= 4 is 21.8 Å². The zero-order chi connectivity index (χ0) is 18.6. The van der Waals surface area contributed by atoms with Gasteiger partial charge in [-0.25, -0.2) is 8.42 Å². The second kappa shape index (κ2) is 7.78. The summed E-state index contributed by atoms with van der Waals surface area (Å²) in [6, 6.07) is 10.6. The second-order valence-electron chi connectivity index (χ2n) is 6.22. The van der Waals surface area contributed by atoms with Gasteiger partial charge in [-0.2, -0.15) is 0 Å². The van der Waals surface area contributed by atoms with Crippen molar-refractivity contribution < 1.29 is 22.4 Å². The number of carbonyl (C=O) groups is 1. The van der Waals surface area contributed by atoms with E-state index in [4.69, 9.17) is 9.15 Å². The number of hydrogen-bond donors (Lipinski definition) is 0. The molecule has 26 heavy (non-hydrogen) atoms. The largest absolute Gasteiger partial charge is 0.497 e. The summed E-state index contributed by atoms with van der Waals surface area (Å²) in [7, 11) is -1.52. The Kier molecular flexibility index (Phi) is 5.46. The first kappa shape index (κ1) is 18.3. The maximum atomic E-state index is 12.8. The van der Waals surface area contributed by atoms with Crippen molar-refractivity contribution in [3.63, 3.8) is 0 Å². The number of amides is 1. The summed E-state index contributed by atoms with van der Waals surface area (Å²) in [5, 5.41) is 0. The second-order valence-corrected chi connectivity index (χ2v) is 8.45. The van der Waals surface area contributed by atoms with Crippen LogP contribution in [0.25, 0.3) is 6.08 Å². The van der Waals surface area contributed by atoms with Crippen molar-refractivity contribution in [2.45, 2.75) is 19.0 Å². The fourth-order valence-corrected chi connectivity index (χ4v) is 4.74. The molecule has 1 fully saturated rings. The molecule has 1 atom stereocenters. The molecule has 7 heteroatoms. The topological polar surface area (TPSA) is 76.8 Å². The molecule has 2 aromatic rings. The Bertz CT molecular complexity index is 886. The van der Waals surface area contributed by atoms with Crippen LogP contribution in [0.2, 0.25) is 0 Å².